The van der Waals surface area contributed by atoms with E-state index in [1.54, 1.807) is 30.3 Å². The van der Waals surface area contributed by atoms with E-state index >= 15 is 0 Å². The number of sulfonamides is 1. The van der Waals surface area contributed by atoms with Crippen molar-refractivity contribution in [2.75, 3.05) is 0 Å². The number of aromatic carboxylic acids is 1. The van der Waals surface area contributed by atoms with Gasteiger partial charge in [-0.05, 0) is 23.3 Å². The molecular weight excluding hydrogens is 278 g/mol. The number of benzene rings is 2. The Labute approximate surface area is 116 Å². The predicted molar refractivity (Wildman–Crippen MR) is 71.2 cm³/mol. The van der Waals surface area contributed by atoms with Crippen LogP contribution >= 0.6 is 0 Å². The minimum atomic E-state index is -3.56. The van der Waals surface area contributed by atoms with Gasteiger partial charge in [-0.3, -0.25) is 0 Å². The van der Waals surface area contributed by atoms with Gasteiger partial charge in [0.25, 0.3) is 0 Å². The molecule has 0 heterocycles. The Morgan fingerprint density at radius 1 is 1.00 bits per heavy atom. The van der Waals surface area contributed by atoms with Crippen LogP contribution in [0.1, 0.15) is 15.9 Å². The highest BCUT2D eigenvalue weighted by atomic mass is 32.2. The van der Waals surface area contributed by atoms with E-state index in [1.807, 2.05) is 0 Å². The summed E-state index contributed by atoms with van der Waals surface area (Å²) < 4.78 is 26.4. The van der Waals surface area contributed by atoms with Crippen molar-refractivity contribution in [3.05, 3.63) is 65.7 Å². The molecule has 2 aromatic rings. The van der Waals surface area contributed by atoms with Crippen LogP contribution in [0, 0.1) is 0 Å². The van der Waals surface area contributed by atoms with Crippen LogP contribution in [-0.2, 0) is 16.6 Å². The first-order valence-electron chi connectivity index (χ1n) is 5.84. The molecule has 1 N–H and O–H groups in total. The summed E-state index contributed by atoms with van der Waals surface area (Å²) in [7, 11) is -3.56. The molecule has 0 amide bonds. The first-order valence-corrected chi connectivity index (χ1v) is 7.32. The summed E-state index contributed by atoms with van der Waals surface area (Å²) in [6, 6.07) is 13.9. The van der Waals surface area contributed by atoms with Crippen molar-refractivity contribution in [3.63, 3.8) is 0 Å². The van der Waals surface area contributed by atoms with Crippen LogP contribution < -0.4 is 9.83 Å². The normalized spacial score (nSPS) is 11.2. The molecule has 5 nitrogen and oxygen atoms in total. The molecule has 2 rings (SSSR count). The van der Waals surface area contributed by atoms with E-state index in [4.69, 9.17) is 0 Å². The molecule has 0 spiro atoms. The van der Waals surface area contributed by atoms with Gasteiger partial charge >= 0.3 is 0 Å². The van der Waals surface area contributed by atoms with Crippen LogP contribution in [0.3, 0.4) is 0 Å². The zero-order valence-electron chi connectivity index (χ0n) is 10.4. The van der Waals surface area contributed by atoms with Gasteiger partial charge in [0.05, 0.1) is 10.9 Å². The Hall–Kier alpha value is -2.18. The average molecular weight is 290 g/mol. The molecular formula is C14H12NO4S-. The second kappa shape index (κ2) is 5.85. The fourth-order valence-corrected chi connectivity index (χ4v) is 2.66. The maximum absolute atomic E-state index is 12.0. The zero-order valence-corrected chi connectivity index (χ0v) is 11.3. The number of nitrogens with one attached hydrogen (secondary N) is 1. The molecule has 0 saturated heterocycles. The maximum Gasteiger partial charge on any atom is 0.240 e. The van der Waals surface area contributed by atoms with Crippen molar-refractivity contribution in [1.29, 1.82) is 0 Å². The van der Waals surface area contributed by atoms with Crippen molar-refractivity contribution >= 4 is 16.0 Å². The highest BCUT2D eigenvalue weighted by molar-refractivity contribution is 7.89. The van der Waals surface area contributed by atoms with E-state index in [1.165, 1.54) is 24.3 Å². The van der Waals surface area contributed by atoms with Crippen molar-refractivity contribution in [2.24, 2.45) is 0 Å². The summed E-state index contributed by atoms with van der Waals surface area (Å²) in [4.78, 5) is 10.8. The Bertz CT molecular complexity index is 694. The lowest BCUT2D eigenvalue weighted by molar-refractivity contribution is -0.255. The molecule has 2 aromatic carbocycles. The van der Waals surface area contributed by atoms with Crippen molar-refractivity contribution in [1.82, 2.24) is 4.72 Å². The Morgan fingerprint density at radius 3 is 2.15 bits per heavy atom. The van der Waals surface area contributed by atoms with Crippen LogP contribution in [0.25, 0.3) is 0 Å². The van der Waals surface area contributed by atoms with Gasteiger partial charge in [-0.2, -0.15) is 0 Å². The Morgan fingerprint density at radius 2 is 1.60 bits per heavy atom. The molecule has 0 radical (unpaired) electrons. The first-order chi connectivity index (χ1) is 9.49. The minimum absolute atomic E-state index is 0.0552. The van der Waals surface area contributed by atoms with E-state index in [0.717, 1.165) is 0 Å². The minimum Gasteiger partial charge on any atom is -0.545 e. The van der Waals surface area contributed by atoms with E-state index < -0.39 is 16.0 Å². The summed E-state index contributed by atoms with van der Waals surface area (Å²) in [6.07, 6.45) is 0. The molecule has 6 heteroatoms. The molecule has 0 fully saturated rings. The second-order valence-corrected chi connectivity index (χ2v) is 5.89. The number of carbonyl (C=O) groups is 1. The maximum atomic E-state index is 12.0. The van der Waals surface area contributed by atoms with Gasteiger partial charge in [0.1, 0.15) is 0 Å². The van der Waals surface area contributed by atoms with E-state index in [2.05, 4.69) is 4.72 Å². The monoisotopic (exact) mass is 290 g/mol. The highest BCUT2D eigenvalue weighted by Crippen LogP contribution is 2.09. The van der Waals surface area contributed by atoms with E-state index in [-0.39, 0.29) is 17.0 Å². The lowest BCUT2D eigenvalue weighted by atomic mass is 10.1. The lowest BCUT2D eigenvalue weighted by Gasteiger charge is -2.08. The molecule has 0 unspecified atom stereocenters. The fourth-order valence-electron chi connectivity index (χ4n) is 1.62. The molecule has 0 atom stereocenters. The number of carboxylic acids is 1. The number of carbonyl (C=O) groups excluding carboxylic acids is 1. The lowest BCUT2D eigenvalue weighted by Crippen LogP contribution is -2.24. The number of hydrogen-bond acceptors (Lipinski definition) is 4. The third-order valence-electron chi connectivity index (χ3n) is 2.71. The Balaban J connectivity index is 2.07. The van der Waals surface area contributed by atoms with E-state index in [9.17, 15) is 18.3 Å². The Kier molecular flexibility index (Phi) is 4.16. The SMILES string of the molecule is O=C([O-])c1ccc(CNS(=O)(=O)c2ccccc2)cc1. The standard InChI is InChI=1S/C14H13NO4S/c16-14(17)12-8-6-11(7-9-12)10-15-20(18,19)13-4-2-1-3-5-13/h1-9,15H,10H2,(H,16,17)/p-1. The summed E-state index contributed by atoms with van der Waals surface area (Å²) in [5.74, 6) is -1.26. The van der Waals surface area contributed by atoms with Crippen molar-refractivity contribution in [3.8, 4) is 0 Å². The number of rotatable bonds is 5. The van der Waals surface area contributed by atoms with Gasteiger partial charge < -0.3 is 9.90 Å². The molecule has 0 aromatic heterocycles. The third kappa shape index (κ3) is 3.43. The molecule has 20 heavy (non-hydrogen) atoms. The van der Waals surface area contributed by atoms with Gasteiger partial charge in [-0.15, -0.1) is 0 Å². The van der Waals surface area contributed by atoms with Crippen LogP contribution in [0.4, 0.5) is 0 Å². The quantitative estimate of drug-likeness (QED) is 0.870. The summed E-state index contributed by atoms with van der Waals surface area (Å²) in [5.41, 5.74) is 0.717. The smallest absolute Gasteiger partial charge is 0.240 e. The molecule has 104 valence electrons. The van der Waals surface area contributed by atoms with Crippen LogP contribution in [0.5, 0.6) is 0 Å². The summed E-state index contributed by atoms with van der Waals surface area (Å²) in [6.45, 7) is 0.0879. The van der Waals surface area contributed by atoms with Crippen LogP contribution in [0.15, 0.2) is 59.5 Å². The first kappa shape index (κ1) is 14.2. The molecule has 0 aliphatic carbocycles. The second-order valence-electron chi connectivity index (χ2n) is 4.12. The molecule has 0 aliphatic rings. The van der Waals surface area contributed by atoms with Crippen LogP contribution in [-0.4, -0.2) is 14.4 Å². The topological polar surface area (TPSA) is 86.3 Å². The van der Waals surface area contributed by atoms with Crippen molar-refractivity contribution in [2.45, 2.75) is 11.4 Å². The van der Waals surface area contributed by atoms with Gasteiger partial charge in [-0.25, -0.2) is 13.1 Å². The average Bonchev–Trinajstić information content (AvgIpc) is 2.46. The number of hydrogen-bond donors (Lipinski definition) is 1. The van der Waals surface area contributed by atoms with Gasteiger partial charge in [0.2, 0.25) is 10.0 Å². The van der Waals surface area contributed by atoms with Gasteiger partial charge in [0, 0.05) is 6.54 Å². The highest BCUT2D eigenvalue weighted by Gasteiger charge is 2.12. The van der Waals surface area contributed by atoms with Gasteiger partial charge in [0.15, 0.2) is 0 Å². The number of carboxylic acid groups (broad SMARTS) is 1. The van der Waals surface area contributed by atoms with Crippen LogP contribution in [0.2, 0.25) is 0 Å². The summed E-state index contributed by atoms with van der Waals surface area (Å²) >= 11 is 0. The molecule has 0 saturated carbocycles. The fraction of sp³-hybridized carbons (Fsp3) is 0.0714. The zero-order chi connectivity index (χ0) is 14.6. The van der Waals surface area contributed by atoms with E-state index in [0.29, 0.717) is 5.56 Å². The molecule has 0 aliphatic heterocycles. The summed E-state index contributed by atoms with van der Waals surface area (Å²) in [5, 5.41) is 10.6. The van der Waals surface area contributed by atoms with Crippen molar-refractivity contribution < 1.29 is 18.3 Å². The third-order valence-corrected chi connectivity index (χ3v) is 4.13. The predicted octanol–water partition coefficient (Wildman–Crippen LogP) is 0.529. The largest absolute Gasteiger partial charge is 0.545 e. The molecule has 0 bridgehead atoms. The van der Waals surface area contributed by atoms with Gasteiger partial charge in [-0.1, -0.05) is 42.5 Å².